The molecule has 0 amide bonds. The number of phenolic OH excluding ortho intramolecular Hbond substituents is 1. The monoisotopic (exact) mass is 286 g/mol. The van der Waals surface area contributed by atoms with E-state index in [1.807, 2.05) is 6.92 Å². The van der Waals surface area contributed by atoms with Crippen molar-refractivity contribution in [3.05, 3.63) is 18.2 Å². The summed E-state index contributed by atoms with van der Waals surface area (Å²) in [6.07, 6.45) is 1.38. The summed E-state index contributed by atoms with van der Waals surface area (Å²) < 4.78 is 25.7. The van der Waals surface area contributed by atoms with Crippen LogP contribution >= 0.6 is 0 Å². The number of nitrogens with zero attached hydrogens (tertiary/aromatic N) is 1. The number of β-amino-alcohol motifs (C(OH)–C–C–N with tert-alkyl or cyclic N) is 1. The second-order valence-electron chi connectivity index (χ2n) is 4.97. The topological polar surface area (TPSA) is 104 Å². The lowest BCUT2D eigenvalue weighted by Crippen LogP contribution is -2.63. The molecule has 7 heteroatoms. The van der Waals surface area contributed by atoms with E-state index in [0.717, 1.165) is 6.42 Å². The van der Waals surface area contributed by atoms with E-state index in [1.54, 1.807) is 0 Å². The molecule has 19 heavy (non-hydrogen) atoms. The number of aromatic hydroxyl groups is 1. The van der Waals surface area contributed by atoms with Crippen LogP contribution < -0.4 is 5.73 Å². The molecule has 0 saturated carbocycles. The standard InChI is InChI=1S/C12H18N2O4S/c1-2-5-12(16)7-14(8-12)19(17,18)9-3-4-11(15)10(13)6-9/h3-4,6,15-16H,2,5,7-8,13H2,1H3. The smallest absolute Gasteiger partial charge is 0.243 e. The molecule has 0 unspecified atom stereocenters. The SMILES string of the molecule is CCCC1(O)CN(S(=O)(=O)c2ccc(O)c(N)c2)C1. The van der Waals surface area contributed by atoms with E-state index in [-0.39, 0.29) is 29.4 Å². The third-order valence-corrected chi connectivity index (χ3v) is 5.08. The lowest BCUT2D eigenvalue weighted by Gasteiger charge is -2.45. The second kappa shape index (κ2) is 4.66. The van der Waals surface area contributed by atoms with E-state index >= 15 is 0 Å². The molecule has 0 atom stereocenters. The quantitative estimate of drug-likeness (QED) is 0.552. The average Bonchev–Trinajstić information content (AvgIpc) is 2.29. The molecule has 0 aromatic heterocycles. The molecule has 0 aliphatic carbocycles. The molecule has 106 valence electrons. The molecule has 1 saturated heterocycles. The van der Waals surface area contributed by atoms with Gasteiger partial charge in [0, 0.05) is 13.1 Å². The number of hydrogen-bond donors (Lipinski definition) is 3. The van der Waals surface area contributed by atoms with Crippen molar-refractivity contribution in [3.8, 4) is 5.75 Å². The summed E-state index contributed by atoms with van der Waals surface area (Å²) in [4.78, 5) is 0.0290. The fraction of sp³-hybridized carbons (Fsp3) is 0.500. The number of sulfonamides is 1. The fourth-order valence-electron chi connectivity index (χ4n) is 2.25. The Morgan fingerprint density at radius 1 is 1.42 bits per heavy atom. The van der Waals surface area contributed by atoms with Gasteiger partial charge in [-0.15, -0.1) is 0 Å². The summed E-state index contributed by atoms with van der Waals surface area (Å²) in [5.74, 6) is -0.148. The van der Waals surface area contributed by atoms with Gasteiger partial charge in [-0.1, -0.05) is 13.3 Å². The van der Waals surface area contributed by atoms with E-state index in [1.165, 1.54) is 22.5 Å². The lowest BCUT2D eigenvalue weighted by molar-refractivity contribution is -0.0653. The molecule has 4 N–H and O–H groups in total. The minimum atomic E-state index is -3.65. The first kappa shape index (κ1) is 14.1. The maximum atomic E-state index is 12.2. The van der Waals surface area contributed by atoms with Gasteiger partial charge in [0.05, 0.1) is 16.2 Å². The van der Waals surface area contributed by atoms with Crippen LogP contribution in [0, 0.1) is 0 Å². The van der Waals surface area contributed by atoms with E-state index in [0.29, 0.717) is 6.42 Å². The van der Waals surface area contributed by atoms with Gasteiger partial charge in [-0.2, -0.15) is 4.31 Å². The molecule has 1 aliphatic rings. The predicted octanol–water partition coefficient (Wildman–Crippen LogP) is 0.510. The molecule has 1 aliphatic heterocycles. The van der Waals surface area contributed by atoms with Crippen LogP contribution in [-0.2, 0) is 10.0 Å². The third-order valence-electron chi connectivity index (χ3n) is 3.29. The Kier molecular flexibility index (Phi) is 3.46. The highest BCUT2D eigenvalue weighted by molar-refractivity contribution is 7.89. The average molecular weight is 286 g/mol. The number of aliphatic hydroxyl groups is 1. The molecule has 0 bridgehead atoms. The van der Waals surface area contributed by atoms with Gasteiger partial charge in [0.2, 0.25) is 10.0 Å². The Morgan fingerprint density at radius 3 is 2.58 bits per heavy atom. The van der Waals surface area contributed by atoms with E-state index in [2.05, 4.69) is 0 Å². The number of hydrogen-bond acceptors (Lipinski definition) is 5. The highest BCUT2D eigenvalue weighted by atomic mass is 32.2. The number of nitrogen functional groups attached to an aromatic ring is 1. The molecular weight excluding hydrogens is 268 g/mol. The Bertz CT molecular complexity index is 579. The summed E-state index contributed by atoms with van der Waals surface area (Å²) in [5, 5.41) is 19.3. The van der Waals surface area contributed by atoms with Gasteiger partial charge >= 0.3 is 0 Å². The minimum absolute atomic E-state index is 0.0189. The van der Waals surface area contributed by atoms with Crippen molar-refractivity contribution < 1.29 is 18.6 Å². The van der Waals surface area contributed by atoms with Gasteiger partial charge in [-0.25, -0.2) is 8.42 Å². The van der Waals surface area contributed by atoms with Crippen molar-refractivity contribution in [2.45, 2.75) is 30.3 Å². The van der Waals surface area contributed by atoms with Gasteiger partial charge in [0.25, 0.3) is 0 Å². The molecule has 2 rings (SSSR count). The van der Waals surface area contributed by atoms with Crippen LogP contribution in [0.1, 0.15) is 19.8 Å². The maximum Gasteiger partial charge on any atom is 0.243 e. The molecule has 0 radical (unpaired) electrons. The summed E-state index contributed by atoms with van der Waals surface area (Å²) in [6.45, 7) is 2.14. The molecule has 1 aromatic carbocycles. The first-order valence-corrected chi connectivity index (χ1v) is 7.53. The van der Waals surface area contributed by atoms with Crippen molar-refractivity contribution in [3.63, 3.8) is 0 Å². The predicted molar refractivity (Wildman–Crippen MR) is 71.1 cm³/mol. The molecule has 6 nitrogen and oxygen atoms in total. The molecule has 1 fully saturated rings. The fourth-order valence-corrected chi connectivity index (χ4v) is 3.88. The van der Waals surface area contributed by atoms with Crippen molar-refractivity contribution in [2.24, 2.45) is 0 Å². The number of benzene rings is 1. The number of nitrogens with two attached hydrogens (primary N) is 1. The molecule has 1 aromatic rings. The Labute approximate surface area is 112 Å². The Morgan fingerprint density at radius 2 is 2.05 bits per heavy atom. The van der Waals surface area contributed by atoms with Crippen molar-refractivity contribution in [1.82, 2.24) is 4.31 Å². The van der Waals surface area contributed by atoms with Crippen molar-refractivity contribution in [2.75, 3.05) is 18.8 Å². The van der Waals surface area contributed by atoms with E-state index in [4.69, 9.17) is 5.73 Å². The van der Waals surface area contributed by atoms with Gasteiger partial charge in [0.1, 0.15) is 5.75 Å². The van der Waals surface area contributed by atoms with E-state index < -0.39 is 15.6 Å². The van der Waals surface area contributed by atoms with Crippen LogP contribution in [0.15, 0.2) is 23.1 Å². The Balaban J connectivity index is 2.19. The summed E-state index contributed by atoms with van der Waals surface area (Å²) in [5.41, 5.74) is 4.60. The number of anilines is 1. The van der Waals surface area contributed by atoms with Gasteiger partial charge < -0.3 is 15.9 Å². The van der Waals surface area contributed by atoms with Crippen LogP contribution in [0.3, 0.4) is 0 Å². The minimum Gasteiger partial charge on any atom is -0.506 e. The highest BCUT2D eigenvalue weighted by Gasteiger charge is 2.46. The number of phenols is 1. The second-order valence-corrected chi connectivity index (χ2v) is 6.91. The molecule has 1 heterocycles. The van der Waals surface area contributed by atoms with Gasteiger partial charge in [-0.3, -0.25) is 0 Å². The van der Waals surface area contributed by atoms with E-state index in [9.17, 15) is 18.6 Å². The summed E-state index contributed by atoms with van der Waals surface area (Å²) >= 11 is 0. The van der Waals surface area contributed by atoms with Crippen molar-refractivity contribution in [1.29, 1.82) is 0 Å². The van der Waals surface area contributed by atoms with Gasteiger partial charge in [0.15, 0.2) is 0 Å². The zero-order valence-corrected chi connectivity index (χ0v) is 11.5. The third kappa shape index (κ3) is 2.54. The maximum absolute atomic E-state index is 12.2. The van der Waals surface area contributed by atoms with Crippen LogP contribution in [0.4, 0.5) is 5.69 Å². The van der Waals surface area contributed by atoms with Crippen LogP contribution in [-0.4, -0.2) is 41.6 Å². The van der Waals surface area contributed by atoms with Gasteiger partial charge in [-0.05, 0) is 24.6 Å². The molecule has 0 spiro atoms. The molecular formula is C12H18N2O4S. The normalized spacial score (nSPS) is 19.1. The first-order chi connectivity index (χ1) is 8.78. The zero-order chi connectivity index (χ0) is 14.3. The lowest BCUT2D eigenvalue weighted by atomic mass is 9.92. The van der Waals surface area contributed by atoms with Crippen LogP contribution in [0.25, 0.3) is 0 Å². The summed E-state index contributed by atoms with van der Waals surface area (Å²) in [6, 6.07) is 3.78. The zero-order valence-electron chi connectivity index (χ0n) is 10.7. The van der Waals surface area contributed by atoms with Crippen LogP contribution in [0.5, 0.6) is 5.75 Å². The van der Waals surface area contributed by atoms with Crippen molar-refractivity contribution >= 4 is 15.7 Å². The number of rotatable bonds is 4. The largest absolute Gasteiger partial charge is 0.506 e. The Hall–Kier alpha value is -1.31. The first-order valence-electron chi connectivity index (χ1n) is 6.09. The summed E-state index contributed by atoms with van der Waals surface area (Å²) in [7, 11) is -3.65. The highest BCUT2D eigenvalue weighted by Crippen LogP contribution is 2.32. The van der Waals surface area contributed by atoms with Crippen LogP contribution in [0.2, 0.25) is 0 Å².